The Hall–Kier alpha value is -2.67. The maximum Gasteiger partial charge on any atom is 0.181 e. The molecule has 2 N–H and O–H groups in total. The van der Waals surface area contributed by atoms with Crippen molar-refractivity contribution >= 4 is 16.5 Å². The molecule has 3 aromatic rings. The van der Waals surface area contributed by atoms with Crippen molar-refractivity contribution in [1.82, 2.24) is 15.0 Å². The first-order chi connectivity index (χ1) is 11.6. The molecule has 3 heterocycles. The number of thiazole rings is 1. The van der Waals surface area contributed by atoms with E-state index in [0.717, 1.165) is 22.0 Å². The third kappa shape index (κ3) is 3.46. The van der Waals surface area contributed by atoms with E-state index < -0.39 is 0 Å². The number of hydrogen-bond acceptors (Lipinski definition) is 7. The van der Waals surface area contributed by atoms with Gasteiger partial charge < -0.3 is 15.2 Å². The van der Waals surface area contributed by atoms with Gasteiger partial charge >= 0.3 is 0 Å². The molecule has 6 nitrogen and oxygen atoms in total. The van der Waals surface area contributed by atoms with Crippen LogP contribution in [0.15, 0.2) is 36.7 Å². The summed E-state index contributed by atoms with van der Waals surface area (Å²) in [5.74, 6) is 1.45. The van der Waals surface area contributed by atoms with Crippen LogP contribution in [0.2, 0.25) is 0 Å². The van der Waals surface area contributed by atoms with Gasteiger partial charge in [0.2, 0.25) is 0 Å². The van der Waals surface area contributed by atoms with Crippen LogP contribution in [0.25, 0.3) is 22.0 Å². The number of methoxy groups -OCH3 is 1. The highest BCUT2D eigenvalue weighted by atomic mass is 32.1. The summed E-state index contributed by atoms with van der Waals surface area (Å²) in [4.78, 5) is 14.1. The Labute approximate surface area is 144 Å². The SMILES string of the molecule is COc1ccc(-c2nc(N)sc2-c2cc(OC(C)C)ccn2)nc1. The molecule has 7 heteroatoms. The van der Waals surface area contributed by atoms with Crippen LogP contribution in [0.3, 0.4) is 0 Å². The molecular formula is C17H18N4O2S. The van der Waals surface area contributed by atoms with E-state index in [1.54, 1.807) is 19.5 Å². The Kier molecular flexibility index (Phi) is 4.61. The van der Waals surface area contributed by atoms with Crippen molar-refractivity contribution in [1.29, 1.82) is 0 Å². The number of nitrogen functional groups attached to an aromatic ring is 1. The Morgan fingerprint density at radius 3 is 2.58 bits per heavy atom. The van der Waals surface area contributed by atoms with Gasteiger partial charge in [0.1, 0.15) is 17.2 Å². The quantitative estimate of drug-likeness (QED) is 0.762. The monoisotopic (exact) mass is 342 g/mol. The van der Waals surface area contributed by atoms with Gasteiger partial charge in [-0.3, -0.25) is 9.97 Å². The second-order valence-electron chi connectivity index (χ2n) is 5.36. The molecule has 3 rings (SSSR count). The van der Waals surface area contributed by atoms with Gasteiger partial charge in [-0.1, -0.05) is 11.3 Å². The molecule has 0 amide bonds. The fourth-order valence-corrected chi connectivity index (χ4v) is 3.01. The summed E-state index contributed by atoms with van der Waals surface area (Å²) >= 11 is 1.38. The minimum absolute atomic E-state index is 0.0921. The van der Waals surface area contributed by atoms with Gasteiger partial charge in [-0.15, -0.1) is 0 Å². The highest BCUT2D eigenvalue weighted by Crippen LogP contribution is 2.37. The van der Waals surface area contributed by atoms with E-state index in [0.29, 0.717) is 16.6 Å². The molecule has 124 valence electrons. The lowest BCUT2D eigenvalue weighted by molar-refractivity contribution is 0.242. The van der Waals surface area contributed by atoms with Gasteiger partial charge in [0.15, 0.2) is 5.13 Å². The summed E-state index contributed by atoms with van der Waals surface area (Å²) in [6.45, 7) is 3.97. The number of pyridine rings is 2. The molecule has 0 aliphatic carbocycles. The third-order valence-electron chi connectivity index (χ3n) is 3.19. The van der Waals surface area contributed by atoms with E-state index in [1.807, 2.05) is 38.1 Å². The van der Waals surface area contributed by atoms with Crippen molar-refractivity contribution in [2.45, 2.75) is 20.0 Å². The van der Waals surface area contributed by atoms with Crippen LogP contribution < -0.4 is 15.2 Å². The minimum atomic E-state index is 0.0921. The highest BCUT2D eigenvalue weighted by Gasteiger charge is 2.17. The first-order valence-electron chi connectivity index (χ1n) is 7.46. The predicted octanol–water partition coefficient (Wildman–Crippen LogP) is 3.65. The molecule has 0 spiro atoms. The van der Waals surface area contributed by atoms with Gasteiger partial charge in [-0.2, -0.15) is 0 Å². The molecule has 0 aromatic carbocycles. The average Bonchev–Trinajstić information content (AvgIpc) is 2.96. The van der Waals surface area contributed by atoms with Crippen LogP contribution >= 0.6 is 11.3 Å². The number of aromatic nitrogens is 3. The number of anilines is 1. The van der Waals surface area contributed by atoms with Gasteiger partial charge in [0.25, 0.3) is 0 Å². The summed E-state index contributed by atoms with van der Waals surface area (Å²) in [6, 6.07) is 7.41. The molecule has 0 aliphatic rings. The fraction of sp³-hybridized carbons (Fsp3) is 0.235. The van der Waals surface area contributed by atoms with Crippen LogP contribution in [-0.2, 0) is 0 Å². The fourth-order valence-electron chi connectivity index (χ4n) is 2.21. The average molecular weight is 342 g/mol. The molecule has 0 unspecified atom stereocenters. The van der Waals surface area contributed by atoms with Crippen molar-refractivity contribution in [3.8, 4) is 33.5 Å². The van der Waals surface area contributed by atoms with Crippen LogP contribution in [0.4, 0.5) is 5.13 Å². The third-order valence-corrected chi connectivity index (χ3v) is 4.10. The van der Waals surface area contributed by atoms with Gasteiger partial charge in [-0.25, -0.2) is 4.98 Å². The first-order valence-corrected chi connectivity index (χ1v) is 8.28. The van der Waals surface area contributed by atoms with Crippen molar-refractivity contribution < 1.29 is 9.47 Å². The summed E-state index contributed by atoms with van der Waals surface area (Å²) < 4.78 is 10.9. The second-order valence-corrected chi connectivity index (χ2v) is 6.39. The van der Waals surface area contributed by atoms with E-state index >= 15 is 0 Å². The Bertz CT molecular complexity index is 831. The molecular weight excluding hydrogens is 324 g/mol. The van der Waals surface area contributed by atoms with Crippen LogP contribution in [0.1, 0.15) is 13.8 Å². The molecule has 24 heavy (non-hydrogen) atoms. The molecule has 0 bridgehead atoms. The molecule has 0 saturated heterocycles. The molecule has 0 atom stereocenters. The van der Waals surface area contributed by atoms with Crippen LogP contribution in [0.5, 0.6) is 11.5 Å². The molecule has 0 radical (unpaired) electrons. The molecule has 0 aliphatic heterocycles. The van der Waals surface area contributed by atoms with E-state index in [1.165, 1.54) is 11.3 Å². The zero-order valence-electron chi connectivity index (χ0n) is 13.7. The minimum Gasteiger partial charge on any atom is -0.495 e. The second kappa shape index (κ2) is 6.84. The Balaban J connectivity index is 2.02. The van der Waals surface area contributed by atoms with Crippen molar-refractivity contribution in [2.75, 3.05) is 12.8 Å². The van der Waals surface area contributed by atoms with Crippen molar-refractivity contribution in [3.05, 3.63) is 36.7 Å². The summed E-state index contributed by atoms with van der Waals surface area (Å²) in [7, 11) is 1.60. The van der Waals surface area contributed by atoms with Crippen LogP contribution in [0, 0.1) is 0 Å². The number of nitrogens with two attached hydrogens (primary N) is 1. The summed E-state index contributed by atoms with van der Waals surface area (Å²) in [6.07, 6.45) is 3.46. The number of rotatable bonds is 5. The maximum absolute atomic E-state index is 5.92. The largest absolute Gasteiger partial charge is 0.495 e. The number of hydrogen-bond donors (Lipinski definition) is 1. The standard InChI is InChI=1S/C17H18N4O2S/c1-10(2)23-11-6-7-19-14(8-11)16-15(21-17(18)24-16)13-5-4-12(22-3)9-20-13/h4-10H,1-3H3,(H2,18,21). The molecule has 0 saturated carbocycles. The lowest BCUT2D eigenvalue weighted by Crippen LogP contribution is -2.05. The zero-order valence-corrected chi connectivity index (χ0v) is 14.5. The highest BCUT2D eigenvalue weighted by molar-refractivity contribution is 7.19. The van der Waals surface area contributed by atoms with E-state index in [2.05, 4.69) is 15.0 Å². The van der Waals surface area contributed by atoms with E-state index in [4.69, 9.17) is 15.2 Å². The zero-order chi connectivity index (χ0) is 17.1. The van der Waals surface area contributed by atoms with Gasteiger partial charge in [0, 0.05) is 12.3 Å². The van der Waals surface area contributed by atoms with Gasteiger partial charge in [-0.05, 0) is 32.0 Å². The Morgan fingerprint density at radius 1 is 1.08 bits per heavy atom. The van der Waals surface area contributed by atoms with E-state index in [-0.39, 0.29) is 6.10 Å². The predicted molar refractivity (Wildman–Crippen MR) is 95.3 cm³/mol. The summed E-state index contributed by atoms with van der Waals surface area (Å²) in [5, 5.41) is 0.467. The molecule has 3 aromatic heterocycles. The number of ether oxygens (including phenoxy) is 2. The lowest BCUT2D eigenvalue weighted by Gasteiger charge is -2.10. The first kappa shape index (κ1) is 16.2. The van der Waals surface area contributed by atoms with Crippen molar-refractivity contribution in [3.63, 3.8) is 0 Å². The number of nitrogens with zero attached hydrogens (tertiary/aromatic N) is 3. The van der Waals surface area contributed by atoms with Crippen LogP contribution in [-0.4, -0.2) is 28.2 Å². The topological polar surface area (TPSA) is 83.2 Å². The molecule has 0 fully saturated rings. The van der Waals surface area contributed by atoms with Gasteiger partial charge in [0.05, 0.1) is 35.7 Å². The van der Waals surface area contributed by atoms with Crippen molar-refractivity contribution in [2.24, 2.45) is 0 Å². The summed E-state index contributed by atoms with van der Waals surface area (Å²) in [5.41, 5.74) is 8.11. The normalized spacial score (nSPS) is 10.8. The maximum atomic E-state index is 5.92. The van der Waals surface area contributed by atoms with E-state index in [9.17, 15) is 0 Å². The lowest BCUT2D eigenvalue weighted by atomic mass is 10.2. The smallest absolute Gasteiger partial charge is 0.181 e. The Morgan fingerprint density at radius 2 is 1.92 bits per heavy atom.